The Bertz CT molecular complexity index is 928. The molecule has 0 spiro atoms. The monoisotopic (exact) mass is 450 g/mol. The van der Waals surface area contributed by atoms with Crippen LogP contribution in [0.4, 0.5) is 13.2 Å². The van der Waals surface area contributed by atoms with Crippen LogP contribution in [-0.4, -0.2) is 56.9 Å². The highest BCUT2D eigenvalue weighted by atomic mass is 19.4. The molecule has 1 atom stereocenters. The van der Waals surface area contributed by atoms with Gasteiger partial charge in [-0.25, -0.2) is 0 Å². The van der Waals surface area contributed by atoms with E-state index < -0.39 is 11.7 Å². The van der Waals surface area contributed by atoms with Crippen LogP contribution in [-0.2, 0) is 10.9 Å². The van der Waals surface area contributed by atoms with Crippen molar-refractivity contribution in [2.75, 3.05) is 46.1 Å². The molecular formula is C23H25F3N2O4. The lowest BCUT2D eigenvalue weighted by Crippen LogP contribution is -2.43. The summed E-state index contributed by atoms with van der Waals surface area (Å²) < 4.78 is 55.5. The highest BCUT2D eigenvalue weighted by molar-refractivity contribution is 5.94. The summed E-state index contributed by atoms with van der Waals surface area (Å²) in [4.78, 5) is 14.9. The van der Waals surface area contributed by atoms with Crippen molar-refractivity contribution in [1.29, 1.82) is 0 Å². The Balaban J connectivity index is 1.49. The van der Waals surface area contributed by atoms with Crippen LogP contribution in [0.5, 0.6) is 11.5 Å². The maximum atomic E-state index is 13.0. The normalized spacial score (nSPS) is 18.0. The number of benzene rings is 2. The Kier molecular flexibility index (Phi) is 6.86. The number of ether oxygens (including phenoxy) is 3. The molecule has 172 valence electrons. The van der Waals surface area contributed by atoms with Gasteiger partial charge in [0, 0.05) is 31.6 Å². The lowest BCUT2D eigenvalue weighted by Gasteiger charge is -2.35. The van der Waals surface area contributed by atoms with Gasteiger partial charge < -0.3 is 19.5 Å². The first-order valence-corrected chi connectivity index (χ1v) is 10.6. The lowest BCUT2D eigenvalue weighted by atomic mass is 10.0. The van der Waals surface area contributed by atoms with Gasteiger partial charge in [-0.3, -0.25) is 9.69 Å². The van der Waals surface area contributed by atoms with Crippen LogP contribution >= 0.6 is 0 Å². The summed E-state index contributed by atoms with van der Waals surface area (Å²) in [6.45, 7) is 3.66. The molecule has 2 aromatic rings. The molecule has 1 unspecified atom stereocenters. The van der Waals surface area contributed by atoms with Crippen LogP contribution < -0.4 is 14.8 Å². The number of carbonyl (C=O) groups excluding carboxylic acids is 1. The maximum Gasteiger partial charge on any atom is 0.416 e. The molecule has 9 heteroatoms. The van der Waals surface area contributed by atoms with Gasteiger partial charge in [-0.05, 0) is 35.9 Å². The van der Waals surface area contributed by atoms with Gasteiger partial charge in [0.05, 0.1) is 38.0 Å². The summed E-state index contributed by atoms with van der Waals surface area (Å²) in [5, 5.41) is 2.92. The molecule has 2 aromatic carbocycles. The number of morpholine rings is 1. The average Bonchev–Trinajstić information content (AvgIpc) is 3.04. The van der Waals surface area contributed by atoms with E-state index in [-0.39, 0.29) is 18.5 Å². The van der Waals surface area contributed by atoms with E-state index in [2.05, 4.69) is 10.2 Å². The predicted molar refractivity (Wildman–Crippen MR) is 111 cm³/mol. The number of hydrogen-bond donors (Lipinski definition) is 1. The largest absolute Gasteiger partial charge is 0.490 e. The van der Waals surface area contributed by atoms with Crippen molar-refractivity contribution in [2.45, 2.75) is 18.6 Å². The summed E-state index contributed by atoms with van der Waals surface area (Å²) in [5.41, 5.74) is 0.444. The van der Waals surface area contributed by atoms with Gasteiger partial charge in [0.25, 0.3) is 5.91 Å². The molecule has 1 N–H and O–H groups in total. The number of hydrogen-bond acceptors (Lipinski definition) is 5. The summed E-state index contributed by atoms with van der Waals surface area (Å²) >= 11 is 0. The smallest absolute Gasteiger partial charge is 0.416 e. The number of amides is 1. The number of alkyl halides is 3. The molecule has 0 aromatic heterocycles. The van der Waals surface area contributed by atoms with Gasteiger partial charge >= 0.3 is 6.18 Å². The minimum Gasteiger partial charge on any atom is -0.490 e. The number of nitrogens with one attached hydrogen (secondary N) is 1. The SMILES string of the molecule is O=C(NCC(c1ccc(C(F)(F)F)cc1)N1CCOCC1)c1ccc2c(c1)OCCCO2. The third-order valence-corrected chi connectivity index (χ3v) is 5.57. The van der Waals surface area contributed by atoms with Crippen molar-refractivity contribution in [3.8, 4) is 11.5 Å². The minimum absolute atomic E-state index is 0.249. The first-order chi connectivity index (χ1) is 15.4. The Morgan fingerprint density at radius 3 is 2.34 bits per heavy atom. The lowest BCUT2D eigenvalue weighted by molar-refractivity contribution is -0.137. The zero-order valence-corrected chi connectivity index (χ0v) is 17.5. The first kappa shape index (κ1) is 22.4. The molecule has 1 amide bonds. The maximum absolute atomic E-state index is 13.0. The molecule has 2 heterocycles. The average molecular weight is 450 g/mol. The Labute approximate surface area is 184 Å². The molecule has 6 nitrogen and oxygen atoms in total. The van der Waals surface area contributed by atoms with Crippen molar-refractivity contribution in [3.63, 3.8) is 0 Å². The van der Waals surface area contributed by atoms with E-state index >= 15 is 0 Å². The fourth-order valence-corrected chi connectivity index (χ4v) is 3.84. The number of halogens is 3. The van der Waals surface area contributed by atoms with Gasteiger partial charge in [-0.2, -0.15) is 13.2 Å². The molecule has 2 aliphatic rings. The minimum atomic E-state index is -4.39. The number of nitrogens with zero attached hydrogens (tertiary/aromatic N) is 1. The number of carbonyl (C=O) groups is 1. The summed E-state index contributed by atoms with van der Waals surface area (Å²) in [5.74, 6) is 0.850. The summed E-state index contributed by atoms with van der Waals surface area (Å²) in [7, 11) is 0. The standard InChI is InChI=1S/C23H25F3N2O4/c24-23(25,26)18-5-2-16(3-6-18)19(28-8-12-30-13-9-28)15-27-22(29)17-4-7-20-21(14-17)32-11-1-10-31-20/h2-7,14,19H,1,8-13,15H2,(H,27,29). The fraction of sp³-hybridized carbons (Fsp3) is 0.435. The van der Waals surface area contributed by atoms with Crippen molar-refractivity contribution in [1.82, 2.24) is 10.2 Å². The quantitative estimate of drug-likeness (QED) is 0.754. The van der Waals surface area contributed by atoms with E-state index in [0.29, 0.717) is 62.1 Å². The highest BCUT2D eigenvalue weighted by Gasteiger charge is 2.31. The predicted octanol–water partition coefficient (Wildman–Crippen LogP) is 3.67. The third-order valence-electron chi connectivity index (χ3n) is 5.57. The molecule has 0 radical (unpaired) electrons. The molecule has 1 saturated heterocycles. The molecule has 4 rings (SSSR count). The summed E-state index contributed by atoms with van der Waals surface area (Å²) in [6.07, 6.45) is -3.62. The van der Waals surface area contributed by atoms with E-state index in [1.54, 1.807) is 18.2 Å². The zero-order valence-electron chi connectivity index (χ0n) is 17.5. The second-order valence-corrected chi connectivity index (χ2v) is 7.71. The van der Waals surface area contributed by atoms with E-state index in [9.17, 15) is 18.0 Å². The Hall–Kier alpha value is -2.78. The van der Waals surface area contributed by atoms with Crippen LogP contribution in [0.2, 0.25) is 0 Å². The molecule has 0 bridgehead atoms. The van der Waals surface area contributed by atoms with Crippen molar-refractivity contribution >= 4 is 5.91 Å². The van der Waals surface area contributed by atoms with Gasteiger partial charge in [0.2, 0.25) is 0 Å². The number of fused-ring (bicyclic) bond motifs is 1. The molecule has 32 heavy (non-hydrogen) atoms. The van der Waals surface area contributed by atoms with E-state index in [0.717, 1.165) is 18.6 Å². The molecule has 0 aliphatic carbocycles. The zero-order chi connectivity index (χ0) is 22.6. The molecular weight excluding hydrogens is 425 g/mol. The van der Waals surface area contributed by atoms with Crippen LogP contribution in [0.1, 0.15) is 33.9 Å². The topological polar surface area (TPSA) is 60.0 Å². The number of rotatable bonds is 5. The second kappa shape index (κ2) is 9.79. The highest BCUT2D eigenvalue weighted by Crippen LogP contribution is 2.32. The fourth-order valence-electron chi connectivity index (χ4n) is 3.84. The van der Waals surface area contributed by atoms with Crippen LogP contribution in [0.25, 0.3) is 0 Å². The third kappa shape index (κ3) is 5.34. The Morgan fingerprint density at radius 1 is 0.969 bits per heavy atom. The van der Waals surface area contributed by atoms with Crippen LogP contribution in [0.3, 0.4) is 0 Å². The summed E-state index contributed by atoms with van der Waals surface area (Å²) in [6, 6.07) is 9.87. The molecule has 2 aliphatic heterocycles. The molecule has 1 fully saturated rings. The first-order valence-electron chi connectivity index (χ1n) is 10.6. The van der Waals surface area contributed by atoms with E-state index in [1.807, 2.05) is 0 Å². The van der Waals surface area contributed by atoms with Crippen LogP contribution in [0, 0.1) is 0 Å². The van der Waals surface area contributed by atoms with E-state index in [4.69, 9.17) is 14.2 Å². The van der Waals surface area contributed by atoms with Gasteiger partial charge in [0.1, 0.15) is 0 Å². The molecule has 0 saturated carbocycles. The Morgan fingerprint density at radius 2 is 1.66 bits per heavy atom. The van der Waals surface area contributed by atoms with Gasteiger partial charge in [-0.15, -0.1) is 0 Å². The van der Waals surface area contributed by atoms with Crippen LogP contribution in [0.15, 0.2) is 42.5 Å². The van der Waals surface area contributed by atoms with Crippen molar-refractivity contribution < 1.29 is 32.2 Å². The van der Waals surface area contributed by atoms with Crippen molar-refractivity contribution in [2.24, 2.45) is 0 Å². The second-order valence-electron chi connectivity index (χ2n) is 7.71. The van der Waals surface area contributed by atoms with Gasteiger partial charge in [-0.1, -0.05) is 12.1 Å². The van der Waals surface area contributed by atoms with E-state index in [1.165, 1.54) is 12.1 Å². The van der Waals surface area contributed by atoms with Crippen molar-refractivity contribution in [3.05, 3.63) is 59.2 Å². The van der Waals surface area contributed by atoms with Gasteiger partial charge in [0.15, 0.2) is 11.5 Å².